The van der Waals surface area contributed by atoms with Gasteiger partial charge in [-0.2, -0.15) is 0 Å². The Morgan fingerprint density at radius 1 is 1.24 bits per heavy atom. The van der Waals surface area contributed by atoms with Crippen LogP contribution in [0, 0.1) is 11.8 Å². The van der Waals surface area contributed by atoms with Crippen molar-refractivity contribution in [2.24, 2.45) is 11.8 Å². The normalized spacial score (nSPS) is 23.1. The van der Waals surface area contributed by atoms with E-state index in [1.807, 2.05) is 12.1 Å². The largest absolute Gasteiger partial charge is 0.326 e. The average molecular weight is 343 g/mol. The van der Waals surface area contributed by atoms with Gasteiger partial charge in [0.1, 0.15) is 0 Å². The molecule has 2 aliphatic rings. The SMILES string of the molecule is CCCCC1CCN(CC(C)CC2CC(=O)Nc3ccccc32)CC1. The number of unbranched alkanes of at least 4 members (excludes halogenated alkanes) is 1. The number of hydrogen-bond acceptors (Lipinski definition) is 2. The van der Waals surface area contributed by atoms with Gasteiger partial charge < -0.3 is 10.2 Å². The molecule has 2 aliphatic heterocycles. The monoisotopic (exact) mass is 342 g/mol. The second-order valence-electron chi connectivity index (χ2n) is 8.26. The molecule has 1 aromatic carbocycles. The van der Waals surface area contributed by atoms with Crippen molar-refractivity contribution in [3.8, 4) is 0 Å². The number of hydrogen-bond donors (Lipinski definition) is 1. The van der Waals surface area contributed by atoms with E-state index in [1.54, 1.807) is 0 Å². The Bertz CT molecular complexity index is 563. The molecule has 3 heteroatoms. The summed E-state index contributed by atoms with van der Waals surface area (Å²) < 4.78 is 0. The summed E-state index contributed by atoms with van der Waals surface area (Å²) in [6, 6.07) is 8.32. The Morgan fingerprint density at radius 2 is 2.00 bits per heavy atom. The maximum Gasteiger partial charge on any atom is 0.224 e. The van der Waals surface area contributed by atoms with Crippen LogP contribution >= 0.6 is 0 Å². The number of para-hydroxylation sites is 1. The minimum atomic E-state index is 0.174. The Labute approximate surface area is 153 Å². The number of benzene rings is 1. The number of anilines is 1. The van der Waals surface area contributed by atoms with Crippen molar-refractivity contribution in [2.45, 2.75) is 64.7 Å². The van der Waals surface area contributed by atoms with Gasteiger partial charge in [-0.1, -0.05) is 51.3 Å². The van der Waals surface area contributed by atoms with E-state index >= 15 is 0 Å². The number of fused-ring (bicyclic) bond motifs is 1. The highest BCUT2D eigenvalue weighted by Crippen LogP contribution is 2.36. The molecule has 0 aromatic heterocycles. The fraction of sp³-hybridized carbons (Fsp3) is 0.682. The fourth-order valence-corrected chi connectivity index (χ4v) is 4.66. The van der Waals surface area contributed by atoms with Crippen molar-refractivity contribution in [1.82, 2.24) is 4.90 Å². The molecule has 0 aliphatic carbocycles. The van der Waals surface area contributed by atoms with Crippen LogP contribution in [0.15, 0.2) is 24.3 Å². The minimum absolute atomic E-state index is 0.174. The standard InChI is InChI=1S/C22H34N2O/c1-3-4-7-18-10-12-24(13-11-18)16-17(2)14-19-15-22(25)23-21-9-6-5-8-20(19)21/h5-6,8-9,17-19H,3-4,7,10-16H2,1-2H3,(H,23,25). The van der Waals surface area contributed by atoms with Gasteiger partial charge in [0.25, 0.3) is 0 Å². The number of rotatable bonds is 7. The lowest BCUT2D eigenvalue weighted by molar-refractivity contribution is -0.116. The maximum absolute atomic E-state index is 12.0. The van der Waals surface area contributed by atoms with Crippen LogP contribution < -0.4 is 5.32 Å². The van der Waals surface area contributed by atoms with Gasteiger partial charge >= 0.3 is 0 Å². The van der Waals surface area contributed by atoms with Crippen LogP contribution in [0.3, 0.4) is 0 Å². The summed E-state index contributed by atoms with van der Waals surface area (Å²) in [6.45, 7) is 8.36. The van der Waals surface area contributed by atoms with Crippen molar-refractivity contribution in [1.29, 1.82) is 0 Å². The zero-order chi connectivity index (χ0) is 17.6. The molecule has 0 spiro atoms. The molecule has 1 amide bonds. The van der Waals surface area contributed by atoms with Gasteiger partial charge in [0.15, 0.2) is 0 Å². The van der Waals surface area contributed by atoms with Gasteiger partial charge in [0, 0.05) is 18.7 Å². The Kier molecular flexibility index (Phi) is 6.52. The third-order valence-corrected chi connectivity index (χ3v) is 6.04. The Balaban J connectivity index is 1.49. The van der Waals surface area contributed by atoms with Gasteiger partial charge in [-0.3, -0.25) is 4.79 Å². The van der Waals surface area contributed by atoms with Crippen LogP contribution in [0.4, 0.5) is 5.69 Å². The van der Waals surface area contributed by atoms with E-state index in [2.05, 4.69) is 36.2 Å². The highest BCUT2D eigenvalue weighted by atomic mass is 16.1. The topological polar surface area (TPSA) is 32.3 Å². The molecule has 1 saturated heterocycles. The van der Waals surface area contributed by atoms with E-state index in [0.29, 0.717) is 18.3 Å². The molecule has 138 valence electrons. The summed E-state index contributed by atoms with van der Waals surface area (Å²) in [5.74, 6) is 2.14. The van der Waals surface area contributed by atoms with Crippen molar-refractivity contribution in [2.75, 3.05) is 25.0 Å². The first kappa shape index (κ1) is 18.4. The predicted molar refractivity (Wildman–Crippen MR) is 105 cm³/mol. The highest BCUT2D eigenvalue weighted by molar-refractivity contribution is 5.94. The number of piperidine rings is 1. The number of likely N-dealkylation sites (tertiary alicyclic amines) is 1. The van der Waals surface area contributed by atoms with Crippen LogP contribution in [-0.4, -0.2) is 30.4 Å². The van der Waals surface area contributed by atoms with E-state index in [0.717, 1.165) is 18.0 Å². The molecule has 2 heterocycles. The number of carbonyl (C=O) groups excluding carboxylic acids is 1. The van der Waals surface area contributed by atoms with Gasteiger partial charge in [-0.25, -0.2) is 0 Å². The zero-order valence-electron chi connectivity index (χ0n) is 16.0. The predicted octanol–water partition coefficient (Wildman–Crippen LogP) is 5.04. The number of nitrogens with one attached hydrogen (secondary N) is 1. The summed E-state index contributed by atoms with van der Waals surface area (Å²) in [5, 5.41) is 3.02. The lowest BCUT2D eigenvalue weighted by Crippen LogP contribution is -2.37. The molecule has 1 fully saturated rings. The molecule has 1 aromatic rings. The summed E-state index contributed by atoms with van der Waals surface area (Å²) in [5.41, 5.74) is 2.35. The molecule has 0 bridgehead atoms. The van der Waals surface area contributed by atoms with E-state index in [-0.39, 0.29) is 5.91 Å². The van der Waals surface area contributed by atoms with Crippen molar-refractivity contribution >= 4 is 11.6 Å². The molecule has 0 saturated carbocycles. The van der Waals surface area contributed by atoms with Gasteiger partial charge in [0.05, 0.1) is 0 Å². The molecular weight excluding hydrogens is 308 g/mol. The third-order valence-electron chi connectivity index (χ3n) is 6.04. The first-order chi connectivity index (χ1) is 12.2. The molecule has 0 radical (unpaired) electrons. The van der Waals surface area contributed by atoms with Crippen molar-refractivity contribution < 1.29 is 4.79 Å². The molecular formula is C22H34N2O. The van der Waals surface area contributed by atoms with E-state index in [9.17, 15) is 4.79 Å². The maximum atomic E-state index is 12.0. The smallest absolute Gasteiger partial charge is 0.224 e. The Morgan fingerprint density at radius 3 is 2.76 bits per heavy atom. The molecule has 3 rings (SSSR count). The third kappa shape index (κ3) is 5.07. The minimum Gasteiger partial charge on any atom is -0.326 e. The molecule has 25 heavy (non-hydrogen) atoms. The number of amides is 1. The van der Waals surface area contributed by atoms with Gasteiger partial charge in [0.2, 0.25) is 5.91 Å². The van der Waals surface area contributed by atoms with Crippen LogP contribution in [0.1, 0.15) is 70.3 Å². The average Bonchev–Trinajstić information content (AvgIpc) is 2.61. The lowest BCUT2D eigenvalue weighted by Gasteiger charge is -2.35. The van der Waals surface area contributed by atoms with Gasteiger partial charge in [-0.05, 0) is 61.7 Å². The molecule has 3 nitrogen and oxygen atoms in total. The van der Waals surface area contributed by atoms with Crippen molar-refractivity contribution in [3.63, 3.8) is 0 Å². The first-order valence-corrected chi connectivity index (χ1v) is 10.3. The van der Waals surface area contributed by atoms with E-state index < -0.39 is 0 Å². The van der Waals surface area contributed by atoms with Crippen molar-refractivity contribution in [3.05, 3.63) is 29.8 Å². The van der Waals surface area contributed by atoms with Gasteiger partial charge in [-0.15, -0.1) is 0 Å². The summed E-state index contributed by atoms with van der Waals surface area (Å²) in [4.78, 5) is 14.7. The Hall–Kier alpha value is -1.35. The fourth-order valence-electron chi connectivity index (χ4n) is 4.66. The molecule has 2 atom stereocenters. The zero-order valence-corrected chi connectivity index (χ0v) is 16.0. The van der Waals surface area contributed by atoms with Crippen LogP contribution in [-0.2, 0) is 4.79 Å². The second kappa shape index (κ2) is 8.84. The molecule has 1 N–H and O–H groups in total. The van der Waals surface area contributed by atoms with Crippen LogP contribution in [0.5, 0.6) is 0 Å². The van der Waals surface area contributed by atoms with Crippen LogP contribution in [0.2, 0.25) is 0 Å². The molecule has 2 unspecified atom stereocenters. The number of nitrogens with zero attached hydrogens (tertiary/aromatic N) is 1. The highest BCUT2D eigenvalue weighted by Gasteiger charge is 2.27. The summed E-state index contributed by atoms with van der Waals surface area (Å²) in [7, 11) is 0. The quantitative estimate of drug-likeness (QED) is 0.753. The number of carbonyl (C=O) groups is 1. The second-order valence-corrected chi connectivity index (χ2v) is 8.26. The lowest BCUT2D eigenvalue weighted by atomic mass is 9.83. The van der Waals surface area contributed by atoms with E-state index in [4.69, 9.17) is 0 Å². The summed E-state index contributed by atoms with van der Waals surface area (Å²) in [6.07, 6.45) is 8.65. The summed E-state index contributed by atoms with van der Waals surface area (Å²) >= 11 is 0. The van der Waals surface area contributed by atoms with E-state index in [1.165, 1.54) is 57.3 Å². The first-order valence-electron chi connectivity index (χ1n) is 10.3. The van der Waals surface area contributed by atoms with Crippen LogP contribution in [0.25, 0.3) is 0 Å².